The number of amides is 1. The zero-order valence-electron chi connectivity index (χ0n) is 9.87. The van der Waals surface area contributed by atoms with Crippen molar-refractivity contribution in [2.45, 2.75) is 20.3 Å². The monoisotopic (exact) mass is 235 g/mol. The van der Waals surface area contributed by atoms with Gasteiger partial charge in [0.25, 0.3) is 11.7 Å². The average molecular weight is 235 g/mol. The molecule has 1 unspecified atom stereocenters. The van der Waals surface area contributed by atoms with Crippen LogP contribution in [0.25, 0.3) is 0 Å². The molecule has 1 aliphatic rings. The molecular weight excluding hydrogens is 221 g/mol. The number of para-hydroxylation sites is 1. The van der Waals surface area contributed by atoms with E-state index in [-0.39, 0.29) is 17.2 Å². The number of benzene rings is 1. The van der Waals surface area contributed by atoms with Crippen LogP contribution in [0.4, 0.5) is 10.1 Å². The molecule has 1 aliphatic heterocycles. The number of fused-ring (bicyclic) bond motifs is 1. The van der Waals surface area contributed by atoms with Gasteiger partial charge in [-0.25, -0.2) is 4.39 Å². The number of ketones is 1. The number of nitrogens with zero attached hydrogens (tertiary/aromatic N) is 1. The minimum Gasteiger partial charge on any atom is -0.302 e. The summed E-state index contributed by atoms with van der Waals surface area (Å²) in [7, 11) is 0. The predicted octanol–water partition coefficient (Wildman–Crippen LogP) is 2.40. The quantitative estimate of drug-likeness (QED) is 0.754. The smallest absolute Gasteiger partial charge is 0.299 e. The molecule has 0 aliphatic carbocycles. The highest BCUT2D eigenvalue weighted by molar-refractivity contribution is 6.52. The van der Waals surface area contributed by atoms with E-state index in [1.54, 1.807) is 0 Å². The van der Waals surface area contributed by atoms with Gasteiger partial charge in [0.05, 0.1) is 11.3 Å². The molecule has 0 radical (unpaired) electrons. The van der Waals surface area contributed by atoms with E-state index in [0.29, 0.717) is 6.54 Å². The molecule has 0 bridgehead atoms. The summed E-state index contributed by atoms with van der Waals surface area (Å²) in [5, 5.41) is 0. The first-order chi connectivity index (χ1) is 8.06. The Morgan fingerprint density at radius 1 is 1.35 bits per heavy atom. The lowest BCUT2D eigenvalue weighted by molar-refractivity contribution is -0.114. The molecule has 0 saturated carbocycles. The van der Waals surface area contributed by atoms with Crippen molar-refractivity contribution in [3.8, 4) is 0 Å². The van der Waals surface area contributed by atoms with E-state index in [2.05, 4.69) is 0 Å². The fourth-order valence-corrected chi connectivity index (χ4v) is 1.93. The highest BCUT2D eigenvalue weighted by Crippen LogP contribution is 2.32. The van der Waals surface area contributed by atoms with Crippen LogP contribution in [0.1, 0.15) is 30.6 Å². The Labute approximate surface area is 99.2 Å². The highest BCUT2D eigenvalue weighted by atomic mass is 19.1. The van der Waals surface area contributed by atoms with Crippen LogP contribution >= 0.6 is 0 Å². The molecule has 1 aromatic rings. The zero-order valence-corrected chi connectivity index (χ0v) is 9.87. The summed E-state index contributed by atoms with van der Waals surface area (Å²) >= 11 is 0. The molecule has 90 valence electrons. The fraction of sp³-hybridized carbons (Fsp3) is 0.385. The largest absolute Gasteiger partial charge is 0.302 e. The number of halogens is 1. The van der Waals surface area contributed by atoms with Crippen molar-refractivity contribution in [3.05, 3.63) is 29.6 Å². The van der Waals surface area contributed by atoms with Crippen molar-refractivity contribution >= 4 is 17.4 Å². The Balaban J connectivity index is 2.43. The molecular formula is C13H14FNO2. The molecule has 17 heavy (non-hydrogen) atoms. The van der Waals surface area contributed by atoms with Crippen molar-refractivity contribution in [2.24, 2.45) is 5.92 Å². The van der Waals surface area contributed by atoms with Gasteiger partial charge in [0.15, 0.2) is 0 Å². The minimum atomic E-state index is -0.620. The molecule has 3 nitrogen and oxygen atoms in total. The van der Waals surface area contributed by atoms with Crippen LogP contribution < -0.4 is 4.90 Å². The van der Waals surface area contributed by atoms with Gasteiger partial charge >= 0.3 is 0 Å². The normalized spacial score (nSPS) is 16.3. The third-order valence-corrected chi connectivity index (χ3v) is 3.13. The number of anilines is 1. The third kappa shape index (κ3) is 1.84. The van der Waals surface area contributed by atoms with Crippen LogP contribution in [0.15, 0.2) is 18.2 Å². The summed E-state index contributed by atoms with van der Waals surface area (Å²) in [4.78, 5) is 24.7. The van der Waals surface area contributed by atoms with Crippen molar-refractivity contribution in [2.75, 3.05) is 11.4 Å². The second-order valence-electron chi connectivity index (χ2n) is 4.39. The lowest BCUT2D eigenvalue weighted by Gasteiger charge is -2.20. The van der Waals surface area contributed by atoms with Crippen molar-refractivity contribution in [3.63, 3.8) is 0 Å². The van der Waals surface area contributed by atoms with E-state index in [9.17, 15) is 14.0 Å². The number of Topliss-reactive ketones (excluding diaryl/α,β-unsaturated/α-hetero) is 1. The van der Waals surface area contributed by atoms with E-state index in [0.717, 1.165) is 6.42 Å². The van der Waals surface area contributed by atoms with E-state index in [1.165, 1.54) is 23.1 Å². The predicted molar refractivity (Wildman–Crippen MR) is 62.5 cm³/mol. The van der Waals surface area contributed by atoms with Gasteiger partial charge in [0.1, 0.15) is 5.82 Å². The maximum Gasteiger partial charge on any atom is 0.299 e. The van der Waals surface area contributed by atoms with E-state index < -0.39 is 17.5 Å². The zero-order chi connectivity index (χ0) is 12.6. The summed E-state index contributed by atoms with van der Waals surface area (Å²) in [6.07, 6.45) is 0.877. The van der Waals surface area contributed by atoms with Gasteiger partial charge in [-0.3, -0.25) is 9.59 Å². The number of carbonyl (C=O) groups is 2. The first-order valence-corrected chi connectivity index (χ1v) is 5.71. The van der Waals surface area contributed by atoms with E-state index in [1.807, 2.05) is 13.8 Å². The second kappa shape index (κ2) is 4.28. The fourth-order valence-electron chi connectivity index (χ4n) is 1.93. The van der Waals surface area contributed by atoms with Gasteiger partial charge in [-0.1, -0.05) is 26.3 Å². The Morgan fingerprint density at radius 3 is 2.71 bits per heavy atom. The van der Waals surface area contributed by atoms with Crippen molar-refractivity contribution < 1.29 is 14.0 Å². The van der Waals surface area contributed by atoms with Crippen LogP contribution in [0.3, 0.4) is 0 Å². The first kappa shape index (κ1) is 11.8. The van der Waals surface area contributed by atoms with Crippen LogP contribution in [0.2, 0.25) is 0 Å². The Morgan fingerprint density at radius 2 is 2.06 bits per heavy atom. The Kier molecular flexibility index (Phi) is 2.96. The van der Waals surface area contributed by atoms with Crippen LogP contribution in [0.5, 0.6) is 0 Å². The summed E-state index contributed by atoms with van der Waals surface area (Å²) in [5.74, 6) is -1.50. The first-order valence-electron chi connectivity index (χ1n) is 5.71. The SMILES string of the molecule is CCC(C)CN1C(=O)C(=O)c2cccc(F)c21. The van der Waals surface area contributed by atoms with Crippen LogP contribution in [-0.2, 0) is 4.79 Å². The molecule has 0 saturated heterocycles. The van der Waals surface area contributed by atoms with Gasteiger partial charge in [0, 0.05) is 6.54 Å². The second-order valence-corrected chi connectivity index (χ2v) is 4.39. The lowest BCUT2D eigenvalue weighted by atomic mass is 10.1. The summed E-state index contributed by atoms with van der Waals surface area (Å²) in [6.45, 7) is 4.35. The van der Waals surface area contributed by atoms with Gasteiger partial charge < -0.3 is 4.90 Å². The number of hydrogen-bond donors (Lipinski definition) is 0. The number of rotatable bonds is 3. The number of hydrogen-bond acceptors (Lipinski definition) is 2. The average Bonchev–Trinajstić information content (AvgIpc) is 2.56. The molecule has 0 fully saturated rings. The van der Waals surface area contributed by atoms with Crippen molar-refractivity contribution in [1.29, 1.82) is 0 Å². The van der Waals surface area contributed by atoms with Crippen LogP contribution in [0, 0.1) is 11.7 Å². The molecule has 4 heteroatoms. The van der Waals surface area contributed by atoms with Crippen molar-refractivity contribution in [1.82, 2.24) is 0 Å². The summed E-state index contributed by atoms with van der Waals surface area (Å²) < 4.78 is 13.7. The maximum absolute atomic E-state index is 13.7. The molecule has 0 N–H and O–H groups in total. The van der Waals surface area contributed by atoms with E-state index in [4.69, 9.17) is 0 Å². The van der Waals surface area contributed by atoms with Gasteiger partial charge in [-0.15, -0.1) is 0 Å². The molecule has 1 amide bonds. The molecule has 0 aromatic heterocycles. The molecule has 1 heterocycles. The molecule has 1 aromatic carbocycles. The van der Waals surface area contributed by atoms with Gasteiger partial charge in [0.2, 0.25) is 0 Å². The topological polar surface area (TPSA) is 37.4 Å². The maximum atomic E-state index is 13.7. The molecule has 1 atom stereocenters. The summed E-state index contributed by atoms with van der Waals surface area (Å²) in [5.41, 5.74) is 0.320. The van der Waals surface area contributed by atoms with Crippen LogP contribution in [-0.4, -0.2) is 18.2 Å². The summed E-state index contributed by atoms with van der Waals surface area (Å²) in [6, 6.07) is 4.22. The molecule has 2 rings (SSSR count). The number of carbonyl (C=O) groups excluding carboxylic acids is 2. The minimum absolute atomic E-state index is 0.141. The van der Waals surface area contributed by atoms with Gasteiger partial charge in [-0.05, 0) is 18.1 Å². The third-order valence-electron chi connectivity index (χ3n) is 3.13. The lowest BCUT2D eigenvalue weighted by Crippen LogP contribution is -2.33. The standard InChI is InChI=1S/C13H14FNO2/c1-3-8(2)7-15-11-9(12(16)13(15)17)5-4-6-10(11)14/h4-6,8H,3,7H2,1-2H3. The highest BCUT2D eigenvalue weighted by Gasteiger charge is 2.38. The Bertz CT molecular complexity index is 484. The van der Waals surface area contributed by atoms with Gasteiger partial charge in [-0.2, -0.15) is 0 Å². The van der Waals surface area contributed by atoms with E-state index >= 15 is 0 Å². The Hall–Kier alpha value is -1.71. The molecule has 0 spiro atoms.